The molecule has 0 spiro atoms. The summed E-state index contributed by atoms with van der Waals surface area (Å²) >= 11 is 0. The number of nitrogens with zero attached hydrogens (tertiary/aromatic N) is 1. The quantitative estimate of drug-likeness (QED) is 0.210. The summed E-state index contributed by atoms with van der Waals surface area (Å²) in [5, 5.41) is 13.7. The van der Waals surface area contributed by atoms with E-state index in [4.69, 9.17) is 14.2 Å². The van der Waals surface area contributed by atoms with E-state index in [1.165, 1.54) is 26.0 Å². The van der Waals surface area contributed by atoms with Gasteiger partial charge in [0.25, 0.3) is 5.54 Å². The van der Waals surface area contributed by atoms with Crippen molar-refractivity contribution in [2.24, 2.45) is 0 Å². The highest BCUT2D eigenvalue weighted by atomic mass is 16.6. The van der Waals surface area contributed by atoms with Gasteiger partial charge in [0, 0.05) is 4.92 Å². The highest BCUT2D eigenvalue weighted by Gasteiger charge is 2.59. The van der Waals surface area contributed by atoms with Crippen molar-refractivity contribution in [2.45, 2.75) is 51.7 Å². The third-order valence-corrected chi connectivity index (χ3v) is 3.95. The molecule has 1 rings (SSSR count). The summed E-state index contributed by atoms with van der Waals surface area (Å²) in [4.78, 5) is 49.5. The van der Waals surface area contributed by atoms with Crippen molar-refractivity contribution in [1.82, 2.24) is 5.32 Å². The molecule has 0 aliphatic carbocycles. The second-order valence-corrected chi connectivity index (χ2v) is 7.35. The summed E-state index contributed by atoms with van der Waals surface area (Å²) in [7, 11) is 0. The molecule has 0 saturated carbocycles. The van der Waals surface area contributed by atoms with Crippen molar-refractivity contribution in [1.29, 1.82) is 0 Å². The Morgan fingerprint density at radius 1 is 1.03 bits per heavy atom. The van der Waals surface area contributed by atoms with Crippen LogP contribution in [0, 0.1) is 10.1 Å². The molecular weight excluding hydrogens is 396 g/mol. The SMILES string of the molecule is CCOC(=O)C(NC(=O)OC(C)(C)C)(C(=O)OCC)C(C[N+](=O)[O-])c1ccccc1. The van der Waals surface area contributed by atoms with Gasteiger partial charge in [0.1, 0.15) is 5.60 Å². The first-order valence-corrected chi connectivity index (χ1v) is 9.50. The van der Waals surface area contributed by atoms with Gasteiger partial charge >= 0.3 is 18.0 Å². The Bertz CT molecular complexity index is 740. The number of nitro groups is 1. The number of hydrogen-bond donors (Lipinski definition) is 1. The van der Waals surface area contributed by atoms with E-state index in [-0.39, 0.29) is 18.8 Å². The molecule has 0 aromatic heterocycles. The number of hydrogen-bond acceptors (Lipinski definition) is 8. The van der Waals surface area contributed by atoms with Crippen molar-refractivity contribution in [2.75, 3.05) is 19.8 Å². The Morgan fingerprint density at radius 2 is 1.53 bits per heavy atom. The fourth-order valence-corrected chi connectivity index (χ4v) is 2.84. The number of ether oxygens (including phenoxy) is 3. The first-order valence-electron chi connectivity index (χ1n) is 9.50. The van der Waals surface area contributed by atoms with Crippen molar-refractivity contribution in [3.8, 4) is 0 Å². The summed E-state index contributed by atoms with van der Waals surface area (Å²) in [6.07, 6.45) is -1.12. The van der Waals surface area contributed by atoms with Gasteiger partial charge in [0.05, 0.1) is 19.1 Å². The maximum absolute atomic E-state index is 13.1. The van der Waals surface area contributed by atoms with Crippen molar-refractivity contribution in [3.05, 3.63) is 46.0 Å². The molecule has 1 aromatic carbocycles. The molecule has 0 radical (unpaired) electrons. The normalized spacial score (nSPS) is 12.4. The Labute approximate surface area is 175 Å². The zero-order valence-electron chi connectivity index (χ0n) is 17.8. The number of benzene rings is 1. The maximum Gasteiger partial charge on any atom is 0.409 e. The molecule has 10 nitrogen and oxygen atoms in total. The molecule has 0 bridgehead atoms. The summed E-state index contributed by atoms with van der Waals surface area (Å²) < 4.78 is 15.3. The van der Waals surface area contributed by atoms with E-state index in [0.29, 0.717) is 0 Å². The number of esters is 2. The van der Waals surface area contributed by atoms with E-state index in [9.17, 15) is 24.5 Å². The third-order valence-electron chi connectivity index (χ3n) is 3.95. The Morgan fingerprint density at radius 3 is 1.93 bits per heavy atom. The monoisotopic (exact) mass is 424 g/mol. The minimum atomic E-state index is -2.53. The number of alkyl carbamates (subject to hydrolysis) is 1. The van der Waals surface area contributed by atoms with Gasteiger partial charge in [-0.1, -0.05) is 30.3 Å². The van der Waals surface area contributed by atoms with E-state index >= 15 is 0 Å². The van der Waals surface area contributed by atoms with Crippen LogP contribution in [0.25, 0.3) is 0 Å². The standard InChI is InChI=1S/C20H28N2O8/c1-6-28-16(23)20(17(24)29-7-2,21-18(25)30-19(3,4)5)15(13-22(26)27)14-11-9-8-10-12-14/h8-12,15H,6-7,13H2,1-5H3,(H,21,25). The van der Waals surface area contributed by atoms with Gasteiger partial charge in [0.2, 0.25) is 6.54 Å². The lowest BCUT2D eigenvalue weighted by Gasteiger charge is -2.35. The van der Waals surface area contributed by atoms with E-state index < -0.39 is 46.6 Å². The number of rotatable bonds is 9. The fraction of sp³-hybridized carbons (Fsp3) is 0.550. The highest BCUT2D eigenvalue weighted by molar-refractivity contribution is 6.08. The number of amides is 1. The molecule has 1 N–H and O–H groups in total. The molecule has 0 saturated heterocycles. The molecule has 1 amide bonds. The first kappa shape index (κ1) is 24.9. The second kappa shape index (κ2) is 10.6. The minimum Gasteiger partial charge on any atom is -0.464 e. The van der Waals surface area contributed by atoms with Crippen LogP contribution in [0.1, 0.15) is 46.1 Å². The maximum atomic E-state index is 13.1. The van der Waals surface area contributed by atoms with Crippen molar-refractivity contribution < 1.29 is 33.5 Å². The third kappa shape index (κ3) is 6.43. The predicted molar refractivity (Wildman–Crippen MR) is 106 cm³/mol. The second-order valence-electron chi connectivity index (χ2n) is 7.35. The Kier molecular flexibility index (Phi) is 8.75. The lowest BCUT2D eigenvalue weighted by atomic mass is 9.78. The molecule has 30 heavy (non-hydrogen) atoms. The summed E-state index contributed by atoms with van der Waals surface area (Å²) in [5.74, 6) is -3.77. The molecule has 0 aliphatic heterocycles. The number of carbonyl (C=O) groups excluding carboxylic acids is 3. The molecule has 0 fully saturated rings. The first-order chi connectivity index (χ1) is 14.0. The zero-order chi connectivity index (χ0) is 22.9. The van der Waals surface area contributed by atoms with E-state index in [2.05, 4.69) is 5.32 Å². The summed E-state index contributed by atoms with van der Waals surface area (Å²) in [6.45, 7) is 6.68. The van der Waals surface area contributed by atoms with Crippen LogP contribution in [0.5, 0.6) is 0 Å². The summed E-state index contributed by atoms with van der Waals surface area (Å²) in [6, 6.07) is 7.88. The molecule has 1 aromatic rings. The average molecular weight is 424 g/mol. The van der Waals surface area contributed by atoms with Gasteiger partial charge in [0.15, 0.2) is 0 Å². The highest BCUT2D eigenvalue weighted by Crippen LogP contribution is 2.32. The van der Waals surface area contributed by atoms with Gasteiger partial charge in [-0.3, -0.25) is 15.4 Å². The predicted octanol–water partition coefficient (Wildman–Crippen LogP) is 2.44. The van der Waals surface area contributed by atoms with Crippen LogP contribution in [0.4, 0.5) is 4.79 Å². The van der Waals surface area contributed by atoms with Gasteiger partial charge in [-0.25, -0.2) is 14.4 Å². The molecular formula is C20H28N2O8. The summed E-state index contributed by atoms with van der Waals surface area (Å²) in [5.41, 5.74) is -3.21. The van der Waals surface area contributed by atoms with Crippen LogP contribution in [0.2, 0.25) is 0 Å². The van der Waals surface area contributed by atoms with E-state index in [1.54, 1.807) is 39.0 Å². The van der Waals surface area contributed by atoms with E-state index in [1.807, 2.05) is 0 Å². The number of nitrogens with one attached hydrogen (secondary N) is 1. The van der Waals surface area contributed by atoms with Gasteiger partial charge in [-0.2, -0.15) is 0 Å². The van der Waals surface area contributed by atoms with Gasteiger partial charge in [-0.15, -0.1) is 0 Å². The van der Waals surface area contributed by atoms with Crippen LogP contribution in [-0.2, 0) is 23.8 Å². The zero-order valence-corrected chi connectivity index (χ0v) is 17.8. The smallest absolute Gasteiger partial charge is 0.409 e. The average Bonchev–Trinajstić information content (AvgIpc) is 2.63. The lowest BCUT2D eigenvalue weighted by Crippen LogP contribution is -2.66. The van der Waals surface area contributed by atoms with Crippen LogP contribution in [0.15, 0.2) is 30.3 Å². The molecule has 166 valence electrons. The Balaban J connectivity index is 3.70. The van der Waals surface area contributed by atoms with Crippen LogP contribution in [0.3, 0.4) is 0 Å². The fourth-order valence-electron chi connectivity index (χ4n) is 2.84. The van der Waals surface area contributed by atoms with Crippen molar-refractivity contribution in [3.63, 3.8) is 0 Å². The molecule has 1 atom stereocenters. The molecule has 0 aliphatic rings. The largest absolute Gasteiger partial charge is 0.464 e. The van der Waals surface area contributed by atoms with Crippen LogP contribution >= 0.6 is 0 Å². The molecule has 1 unspecified atom stereocenters. The molecule has 0 heterocycles. The van der Waals surface area contributed by atoms with Crippen LogP contribution in [-0.4, -0.2) is 53.9 Å². The van der Waals surface area contributed by atoms with Gasteiger partial charge in [-0.05, 0) is 40.2 Å². The lowest BCUT2D eigenvalue weighted by molar-refractivity contribution is -0.484. The topological polar surface area (TPSA) is 134 Å². The van der Waals surface area contributed by atoms with Crippen molar-refractivity contribution >= 4 is 18.0 Å². The number of carbonyl (C=O) groups is 3. The van der Waals surface area contributed by atoms with E-state index in [0.717, 1.165) is 0 Å². The minimum absolute atomic E-state index is 0.129. The van der Waals surface area contributed by atoms with Gasteiger partial charge < -0.3 is 14.2 Å². The van der Waals surface area contributed by atoms with Crippen LogP contribution < -0.4 is 5.32 Å². The molecule has 10 heteroatoms. The Hall–Kier alpha value is -3.17.